The number of halogens is 1. The zero-order chi connectivity index (χ0) is 15.5. The third kappa shape index (κ3) is 3.80. The average Bonchev–Trinajstić information content (AvgIpc) is 2.40. The maximum atomic E-state index is 12.3. The Bertz CT molecular complexity index is 730. The van der Waals surface area contributed by atoms with Gasteiger partial charge in [0.1, 0.15) is 10.6 Å². The first-order valence-corrected chi connectivity index (χ1v) is 8.09. The molecule has 0 fully saturated rings. The largest absolute Gasteiger partial charge is 0.494 e. The number of anilines is 2. The normalized spacial score (nSPS) is 11.1. The van der Waals surface area contributed by atoms with Crippen molar-refractivity contribution >= 4 is 33.0 Å². The Morgan fingerprint density at radius 3 is 2.43 bits per heavy atom. The molecule has 0 atom stereocenters. The standard InChI is InChI=1S/C14H15ClN2O3S/c1-2-20-12-6-4-11(5-7-12)17-21(18,19)14-8-3-10(16)9-13(14)15/h3-9,17H,2,16H2,1H3. The average molecular weight is 327 g/mol. The Kier molecular flexibility index (Phi) is 4.59. The molecule has 0 aromatic heterocycles. The summed E-state index contributed by atoms with van der Waals surface area (Å²) < 4.78 is 32.3. The minimum Gasteiger partial charge on any atom is -0.494 e. The molecule has 2 rings (SSSR count). The summed E-state index contributed by atoms with van der Waals surface area (Å²) in [5.74, 6) is 0.672. The smallest absolute Gasteiger partial charge is 0.263 e. The third-order valence-electron chi connectivity index (χ3n) is 2.66. The third-order valence-corrected chi connectivity index (χ3v) is 4.53. The monoisotopic (exact) mass is 326 g/mol. The first-order valence-electron chi connectivity index (χ1n) is 6.23. The fourth-order valence-electron chi connectivity index (χ4n) is 1.73. The number of hydrogen-bond acceptors (Lipinski definition) is 4. The number of ether oxygens (including phenoxy) is 1. The van der Waals surface area contributed by atoms with E-state index in [2.05, 4.69) is 4.72 Å². The second-order valence-corrected chi connectivity index (χ2v) is 6.31. The second-order valence-electron chi connectivity index (χ2n) is 4.25. The lowest BCUT2D eigenvalue weighted by Crippen LogP contribution is -2.13. The molecule has 0 bridgehead atoms. The molecular formula is C14H15ClN2O3S. The Hall–Kier alpha value is -1.92. The topological polar surface area (TPSA) is 81.4 Å². The van der Waals surface area contributed by atoms with Crippen molar-refractivity contribution in [2.24, 2.45) is 0 Å². The van der Waals surface area contributed by atoms with Gasteiger partial charge in [-0.1, -0.05) is 11.6 Å². The number of sulfonamides is 1. The van der Waals surface area contributed by atoms with Gasteiger partial charge in [-0.15, -0.1) is 0 Å². The number of rotatable bonds is 5. The van der Waals surface area contributed by atoms with Gasteiger partial charge >= 0.3 is 0 Å². The van der Waals surface area contributed by atoms with Crippen molar-refractivity contribution < 1.29 is 13.2 Å². The molecule has 5 nitrogen and oxygen atoms in total. The van der Waals surface area contributed by atoms with Gasteiger partial charge in [-0.2, -0.15) is 0 Å². The molecule has 0 spiro atoms. The van der Waals surface area contributed by atoms with Crippen molar-refractivity contribution in [2.75, 3.05) is 17.1 Å². The van der Waals surface area contributed by atoms with Crippen LogP contribution in [0, 0.1) is 0 Å². The van der Waals surface area contributed by atoms with E-state index in [0.29, 0.717) is 23.7 Å². The first kappa shape index (κ1) is 15.5. The number of nitrogen functional groups attached to an aromatic ring is 1. The van der Waals surface area contributed by atoms with E-state index in [0.717, 1.165) is 0 Å². The number of hydrogen-bond donors (Lipinski definition) is 2. The lowest BCUT2D eigenvalue weighted by Gasteiger charge is -2.10. The van der Waals surface area contributed by atoms with Crippen molar-refractivity contribution in [1.82, 2.24) is 0 Å². The van der Waals surface area contributed by atoms with Crippen LogP contribution in [0.2, 0.25) is 5.02 Å². The summed E-state index contributed by atoms with van der Waals surface area (Å²) in [5.41, 5.74) is 6.38. The predicted molar refractivity (Wildman–Crippen MR) is 84.3 cm³/mol. The quantitative estimate of drug-likeness (QED) is 0.827. The molecule has 2 aromatic carbocycles. The minimum atomic E-state index is -3.76. The van der Waals surface area contributed by atoms with Crippen LogP contribution in [0.15, 0.2) is 47.4 Å². The maximum absolute atomic E-state index is 12.3. The number of nitrogens with two attached hydrogens (primary N) is 1. The van der Waals surface area contributed by atoms with Crippen LogP contribution in [-0.4, -0.2) is 15.0 Å². The van der Waals surface area contributed by atoms with E-state index in [9.17, 15) is 8.42 Å². The molecule has 7 heteroatoms. The van der Waals surface area contributed by atoms with Crippen molar-refractivity contribution in [2.45, 2.75) is 11.8 Å². The highest BCUT2D eigenvalue weighted by Gasteiger charge is 2.18. The molecule has 0 saturated carbocycles. The molecular weight excluding hydrogens is 312 g/mol. The number of benzene rings is 2. The van der Waals surface area contributed by atoms with Gasteiger partial charge in [0.15, 0.2) is 0 Å². The van der Waals surface area contributed by atoms with Crippen LogP contribution >= 0.6 is 11.6 Å². The van der Waals surface area contributed by atoms with Gasteiger partial charge in [0.25, 0.3) is 10.0 Å². The van der Waals surface area contributed by atoms with Crippen LogP contribution in [0.3, 0.4) is 0 Å². The fourth-order valence-corrected chi connectivity index (χ4v) is 3.34. The second kappa shape index (κ2) is 6.24. The summed E-state index contributed by atoms with van der Waals surface area (Å²) >= 11 is 5.93. The van der Waals surface area contributed by atoms with E-state index >= 15 is 0 Å². The van der Waals surface area contributed by atoms with Gasteiger partial charge in [0, 0.05) is 11.4 Å². The summed E-state index contributed by atoms with van der Waals surface area (Å²) in [6.07, 6.45) is 0. The van der Waals surface area contributed by atoms with Crippen molar-refractivity contribution in [3.8, 4) is 5.75 Å². The highest BCUT2D eigenvalue weighted by atomic mass is 35.5. The Labute approximate surface area is 128 Å². The molecule has 0 amide bonds. The van der Waals surface area contributed by atoms with E-state index in [1.165, 1.54) is 18.2 Å². The molecule has 3 N–H and O–H groups in total. The van der Waals surface area contributed by atoms with E-state index < -0.39 is 10.0 Å². The molecule has 0 radical (unpaired) electrons. The molecule has 0 aliphatic heterocycles. The van der Waals surface area contributed by atoms with Crippen LogP contribution in [0.4, 0.5) is 11.4 Å². The number of nitrogens with one attached hydrogen (secondary N) is 1. The van der Waals surface area contributed by atoms with Gasteiger partial charge in [-0.25, -0.2) is 8.42 Å². The molecule has 0 aliphatic rings. The van der Waals surface area contributed by atoms with Crippen LogP contribution < -0.4 is 15.2 Å². The van der Waals surface area contributed by atoms with Crippen molar-refractivity contribution in [3.63, 3.8) is 0 Å². The van der Waals surface area contributed by atoms with Gasteiger partial charge in [0.05, 0.1) is 11.6 Å². The van der Waals surface area contributed by atoms with E-state index in [-0.39, 0.29) is 9.92 Å². The first-order chi connectivity index (χ1) is 9.92. The van der Waals surface area contributed by atoms with E-state index in [4.69, 9.17) is 22.1 Å². The zero-order valence-corrected chi connectivity index (χ0v) is 12.9. The molecule has 0 heterocycles. The van der Waals surface area contributed by atoms with Crippen molar-refractivity contribution in [1.29, 1.82) is 0 Å². The molecule has 0 unspecified atom stereocenters. The Morgan fingerprint density at radius 1 is 1.19 bits per heavy atom. The fraction of sp³-hybridized carbons (Fsp3) is 0.143. The Morgan fingerprint density at radius 2 is 1.86 bits per heavy atom. The summed E-state index contributed by atoms with van der Waals surface area (Å²) in [6.45, 7) is 2.42. The minimum absolute atomic E-state index is 0.0211. The van der Waals surface area contributed by atoms with Gasteiger partial charge in [-0.3, -0.25) is 4.72 Å². The van der Waals surface area contributed by atoms with Crippen LogP contribution in [0.25, 0.3) is 0 Å². The van der Waals surface area contributed by atoms with Crippen LogP contribution in [-0.2, 0) is 10.0 Å². The highest BCUT2D eigenvalue weighted by molar-refractivity contribution is 7.92. The maximum Gasteiger partial charge on any atom is 0.263 e. The van der Waals surface area contributed by atoms with Gasteiger partial charge in [-0.05, 0) is 49.4 Å². The molecule has 2 aromatic rings. The lowest BCUT2D eigenvalue weighted by molar-refractivity contribution is 0.340. The zero-order valence-electron chi connectivity index (χ0n) is 11.3. The molecule has 21 heavy (non-hydrogen) atoms. The van der Waals surface area contributed by atoms with Gasteiger partial charge in [0.2, 0.25) is 0 Å². The highest BCUT2D eigenvalue weighted by Crippen LogP contribution is 2.26. The SMILES string of the molecule is CCOc1ccc(NS(=O)(=O)c2ccc(N)cc2Cl)cc1. The van der Waals surface area contributed by atoms with Crippen LogP contribution in [0.5, 0.6) is 5.75 Å². The molecule has 0 aliphatic carbocycles. The summed E-state index contributed by atoms with van der Waals surface area (Å²) in [7, 11) is -3.76. The van der Waals surface area contributed by atoms with E-state index in [1.807, 2.05) is 6.92 Å². The molecule has 112 valence electrons. The summed E-state index contributed by atoms with van der Waals surface area (Å²) in [4.78, 5) is -0.0211. The Balaban J connectivity index is 2.24. The summed E-state index contributed by atoms with van der Waals surface area (Å²) in [6, 6.07) is 10.9. The van der Waals surface area contributed by atoms with E-state index in [1.54, 1.807) is 24.3 Å². The van der Waals surface area contributed by atoms with Crippen molar-refractivity contribution in [3.05, 3.63) is 47.5 Å². The summed E-state index contributed by atoms with van der Waals surface area (Å²) in [5, 5.41) is 0.0773. The lowest BCUT2D eigenvalue weighted by atomic mass is 10.3. The predicted octanol–water partition coefficient (Wildman–Crippen LogP) is 3.12. The molecule has 0 saturated heterocycles. The van der Waals surface area contributed by atoms with Crippen LogP contribution in [0.1, 0.15) is 6.92 Å². The van der Waals surface area contributed by atoms with Gasteiger partial charge < -0.3 is 10.5 Å².